The summed E-state index contributed by atoms with van der Waals surface area (Å²) < 4.78 is 10.4. The number of hydrogen-bond acceptors (Lipinski definition) is 4. The Morgan fingerprint density at radius 1 is 1.43 bits per heavy atom. The Hall–Kier alpha value is -1.58. The molecule has 1 heterocycles. The van der Waals surface area contributed by atoms with Gasteiger partial charge in [-0.1, -0.05) is 11.2 Å². The first-order valence-electron chi connectivity index (χ1n) is 4.50. The maximum absolute atomic E-state index is 10.2. The number of nitroso groups, excluding NO2 is 1. The van der Waals surface area contributed by atoms with E-state index in [2.05, 4.69) is 5.18 Å². The van der Waals surface area contributed by atoms with E-state index in [0.717, 1.165) is 17.1 Å². The Bertz CT molecular complexity index is 351. The summed E-state index contributed by atoms with van der Waals surface area (Å²) in [7, 11) is 0. The van der Waals surface area contributed by atoms with Gasteiger partial charge in [-0.25, -0.2) is 0 Å². The van der Waals surface area contributed by atoms with Gasteiger partial charge in [0, 0.05) is 0 Å². The van der Waals surface area contributed by atoms with Gasteiger partial charge in [-0.3, -0.25) is 0 Å². The zero-order valence-electron chi connectivity index (χ0n) is 7.90. The fourth-order valence-corrected chi connectivity index (χ4v) is 1.45. The van der Waals surface area contributed by atoms with E-state index in [-0.39, 0.29) is 12.8 Å². The van der Waals surface area contributed by atoms with E-state index in [1.165, 1.54) is 0 Å². The third-order valence-electron chi connectivity index (χ3n) is 2.15. The van der Waals surface area contributed by atoms with Crippen molar-refractivity contribution in [3.63, 3.8) is 0 Å². The number of nitrogens with zero attached hydrogens (tertiary/aromatic N) is 1. The van der Waals surface area contributed by atoms with Gasteiger partial charge in [0.05, 0.1) is 6.04 Å². The average Bonchev–Trinajstić information content (AvgIpc) is 2.64. The van der Waals surface area contributed by atoms with Crippen molar-refractivity contribution < 1.29 is 9.47 Å². The van der Waals surface area contributed by atoms with Gasteiger partial charge in [-0.05, 0) is 31.0 Å². The molecule has 4 nitrogen and oxygen atoms in total. The van der Waals surface area contributed by atoms with Gasteiger partial charge in [-0.2, -0.15) is 4.91 Å². The van der Waals surface area contributed by atoms with Crippen LogP contribution in [0.1, 0.15) is 12.5 Å². The van der Waals surface area contributed by atoms with Gasteiger partial charge in [0.25, 0.3) is 0 Å². The summed E-state index contributed by atoms with van der Waals surface area (Å²) in [5.74, 6) is 1.51. The highest BCUT2D eigenvalue weighted by atomic mass is 16.7. The van der Waals surface area contributed by atoms with Crippen LogP contribution in [0.3, 0.4) is 0 Å². The molecule has 14 heavy (non-hydrogen) atoms. The Balaban J connectivity index is 2.16. The van der Waals surface area contributed by atoms with Gasteiger partial charge in [-0.15, -0.1) is 0 Å². The monoisotopic (exact) mass is 193 g/mol. The molecule has 0 fully saturated rings. The van der Waals surface area contributed by atoms with E-state index in [1.807, 2.05) is 18.2 Å². The summed E-state index contributed by atoms with van der Waals surface area (Å²) in [6.07, 6.45) is 0.639. The Morgan fingerprint density at radius 3 is 3.00 bits per heavy atom. The van der Waals surface area contributed by atoms with Crippen molar-refractivity contribution in [1.82, 2.24) is 0 Å². The molecule has 0 bridgehead atoms. The fraction of sp³-hybridized carbons (Fsp3) is 0.400. The SMILES string of the molecule is CC(Cc1ccc2c(c1)OCO2)N=O. The molecule has 0 amide bonds. The Kier molecular flexibility index (Phi) is 2.35. The predicted molar refractivity (Wildman–Crippen MR) is 51.5 cm³/mol. The van der Waals surface area contributed by atoms with Crippen LogP contribution in [0.15, 0.2) is 23.4 Å². The third-order valence-corrected chi connectivity index (χ3v) is 2.15. The van der Waals surface area contributed by atoms with Gasteiger partial charge in [0.15, 0.2) is 11.5 Å². The molecule has 0 saturated carbocycles. The molecule has 0 aliphatic carbocycles. The van der Waals surface area contributed by atoms with E-state index < -0.39 is 0 Å². The largest absolute Gasteiger partial charge is 0.454 e. The molecular weight excluding hydrogens is 182 g/mol. The number of ether oxygens (including phenoxy) is 2. The predicted octanol–water partition coefficient (Wildman–Crippen LogP) is 2.11. The number of benzene rings is 1. The van der Waals surface area contributed by atoms with Crippen LogP contribution in [-0.4, -0.2) is 12.8 Å². The lowest BCUT2D eigenvalue weighted by atomic mass is 10.1. The summed E-state index contributed by atoms with van der Waals surface area (Å²) >= 11 is 0. The van der Waals surface area contributed by atoms with Crippen molar-refractivity contribution in [2.45, 2.75) is 19.4 Å². The molecule has 2 rings (SSSR count). The quantitative estimate of drug-likeness (QED) is 0.691. The molecule has 1 aromatic rings. The summed E-state index contributed by atoms with van der Waals surface area (Å²) in [5, 5.41) is 2.96. The number of rotatable bonds is 3. The molecule has 1 aliphatic heterocycles. The van der Waals surface area contributed by atoms with Crippen LogP contribution in [0.5, 0.6) is 11.5 Å². The van der Waals surface area contributed by atoms with E-state index >= 15 is 0 Å². The number of fused-ring (bicyclic) bond motifs is 1. The fourth-order valence-electron chi connectivity index (χ4n) is 1.45. The van der Waals surface area contributed by atoms with Gasteiger partial charge < -0.3 is 9.47 Å². The summed E-state index contributed by atoms with van der Waals surface area (Å²) in [6, 6.07) is 5.48. The molecule has 0 N–H and O–H groups in total. The molecule has 0 aromatic heterocycles. The Labute approximate surface area is 81.8 Å². The zero-order valence-corrected chi connectivity index (χ0v) is 7.90. The highest BCUT2D eigenvalue weighted by molar-refractivity contribution is 5.44. The van der Waals surface area contributed by atoms with Crippen LogP contribution in [0, 0.1) is 4.91 Å². The van der Waals surface area contributed by atoms with E-state index in [0.29, 0.717) is 6.42 Å². The van der Waals surface area contributed by atoms with Crippen molar-refractivity contribution in [2.75, 3.05) is 6.79 Å². The second-order valence-corrected chi connectivity index (χ2v) is 3.35. The van der Waals surface area contributed by atoms with E-state index in [4.69, 9.17) is 9.47 Å². The lowest BCUT2D eigenvalue weighted by molar-refractivity contribution is 0.174. The van der Waals surface area contributed by atoms with E-state index in [9.17, 15) is 4.91 Å². The molecular formula is C10H11NO3. The topological polar surface area (TPSA) is 47.9 Å². The van der Waals surface area contributed by atoms with Gasteiger partial charge >= 0.3 is 0 Å². The second-order valence-electron chi connectivity index (χ2n) is 3.35. The van der Waals surface area contributed by atoms with Crippen LogP contribution >= 0.6 is 0 Å². The van der Waals surface area contributed by atoms with Crippen LogP contribution in [0.4, 0.5) is 0 Å². The molecule has 0 saturated heterocycles. The summed E-state index contributed by atoms with van der Waals surface area (Å²) in [4.78, 5) is 10.2. The molecule has 4 heteroatoms. The summed E-state index contributed by atoms with van der Waals surface area (Å²) in [6.45, 7) is 2.07. The number of hydrogen-bond donors (Lipinski definition) is 0. The van der Waals surface area contributed by atoms with E-state index in [1.54, 1.807) is 6.92 Å². The van der Waals surface area contributed by atoms with Crippen LogP contribution in [0.2, 0.25) is 0 Å². The van der Waals surface area contributed by atoms with Gasteiger partial charge in [0.1, 0.15) is 0 Å². The van der Waals surface area contributed by atoms with Gasteiger partial charge in [0.2, 0.25) is 6.79 Å². The normalized spacial score (nSPS) is 15.2. The van der Waals surface area contributed by atoms with Crippen molar-refractivity contribution in [1.29, 1.82) is 0 Å². The van der Waals surface area contributed by atoms with Crippen molar-refractivity contribution >= 4 is 0 Å². The standard InChI is InChI=1S/C10H11NO3/c1-7(11-12)4-8-2-3-9-10(5-8)14-6-13-9/h2-3,5,7H,4,6H2,1H3. The Morgan fingerprint density at radius 2 is 2.21 bits per heavy atom. The molecule has 1 aliphatic rings. The lowest BCUT2D eigenvalue weighted by Crippen LogP contribution is -2.01. The molecule has 1 unspecified atom stereocenters. The maximum Gasteiger partial charge on any atom is 0.231 e. The van der Waals surface area contributed by atoms with Crippen LogP contribution in [-0.2, 0) is 6.42 Å². The first kappa shape index (κ1) is 8.99. The molecule has 0 spiro atoms. The first-order chi connectivity index (χ1) is 6.79. The molecule has 1 atom stereocenters. The minimum atomic E-state index is -0.199. The minimum absolute atomic E-state index is 0.199. The highest BCUT2D eigenvalue weighted by Gasteiger charge is 2.14. The smallest absolute Gasteiger partial charge is 0.231 e. The average molecular weight is 193 g/mol. The molecule has 1 aromatic carbocycles. The molecule has 74 valence electrons. The zero-order chi connectivity index (χ0) is 9.97. The lowest BCUT2D eigenvalue weighted by Gasteiger charge is -2.03. The highest BCUT2D eigenvalue weighted by Crippen LogP contribution is 2.32. The first-order valence-corrected chi connectivity index (χ1v) is 4.50. The minimum Gasteiger partial charge on any atom is -0.454 e. The van der Waals surface area contributed by atoms with Crippen LogP contribution in [0.25, 0.3) is 0 Å². The van der Waals surface area contributed by atoms with Crippen molar-refractivity contribution in [3.8, 4) is 11.5 Å². The molecule has 0 radical (unpaired) electrons. The van der Waals surface area contributed by atoms with Crippen LogP contribution < -0.4 is 9.47 Å². The maximum atomic E-state index is 10.2. The second kappa shape index (κ2) is 3.65. The van der Waals surface area contributed by atoms with Crippen molar-refractivity contribution in [2.24, 2.45) is 5.18 Å². The van der Waals surface area contributed by atoms with Crippen molar-refractivity contribution in [3.05, 3.63) is 28.7 Å². The third kappa shape index (κ3) is 1.69. The summed E-state index contributed by atoms with van der Waals surface area (Å²) in [5.41, 5.74) is 1.04.